The molecule has 0 aliphatic heterocycles. The Morgan fingerprint density at radius 3 is 2.42 bits per heavy atom. The molecule has 0 spiro atoms. The highest BCUT2D eigenvalue weighted by Crippen LogP contribution is 2.40. The summed E-state index contributed by atoms with van der Waals surface area (Å²) in [6, 6.07) is 10.1. The fraction of sp³-hybridized carbons (Fsp3) is 0.0588. The van der Waals surface area contributed by atoms with Gasteiger partial charge in [0.05, 0.1) is 19.5 Å². The van der Waals surface area contributed by atoms with Crippen LogP contribution in [0, 0.1) is 0 Å². The second-order valence-electron chi connectivity index (χ2n) is 5.11. The van der Waals surface area contributed by atoms with Crippen molar-refractivity contribution in [3.05, 3.63) is 55.5 Å². The van der Waals surface area contributed by atoms with Crippen molar-refractivity contribution in [2.75, 3.05) is 6.61 Å². The molecule has 0 bridgehead atoms. The lowest BCUT2D eigenvalue weighted by Gasteiger charge is -2.13. The van der Waals surface area contributed by atoms with Crippen molar-refractivity contribution in [3.8, 4) is 17.2 Å². The molecule has 2 aromatic carbocycles. The number of rotatable bonds is 5. The normalized spacial score (nSPS) is 10.8. The number of nitrogens with zero attached hydrogens (tertiary/aromatic N) is 1. The number of aliphatic carboxylic acids is 1. The maximum Gasteiger partial charge on any atom is 0.341 e. The summed E-state index contributed by atoms with van der Waals surface area (Å²) in [5.74, 6) is 0.382. The lowest BCUT2D eigenvalue weighted by atomic mass is 10.2. The Balaban J connectivity index is 1.91. The molecule has 3 rings (SSSR count). The molecule has 0 saturated heterocycles. The number of carbonyl (C=O) groups is 1. The maximum atomic E-state index is 10.6. The summed E-state index contributed by atoms with van der Waals surface area (Å²) in [7, 11) is 0. The van der Waals surface area contributed by atoms with Gasteiger partial charge in [0.1, 0.15) is 16.7 Å². The van der Waals surface area contributed by atoms with Crippen LogP contribution in [0.2, 0.25) is 10.2 Å². The fourth-order valence-electron chi connectivity index (χ4n) is 2.18. The topological polar surface area (TPSA) is 68.7 Å². The minimum Gasteiger partial charge on any atom is -0.482 e. The van der Waals surface area contributed by atoms with Crippen LogP contribution in [-0.2, 0) is 4.79 Å². The highest BCUT2D eigenvalue weighted by atomic mass is 79.9. The minimum atomic E-state index is -1.06. The molecule has 0 unspecified atom stereocenters. The zero-order valence-electron chi connectivity index (χ0n) is 12.8. The van der Waals surface area contributed by atoms with Crippen LogP contribution in [-0.4, -0.2) is 22.7 Å². The zero-order valence-corrected chi connectivity index (χ0v) is 17.5. The first-order valence-electron chi connectivity index (χ1n) is 7.11. The van der Waals surface area contributed by atoms with Gasteiger partial charge in [0.2, 0.25) is 0 Å². The van der Waals surface area contributed by atoms with Crippen LogP contribution in [0.25, 0.3) is 10.9 Å². The third-order valence-corrected chi connectivity index (χ3v) is 4.94. The summed E-state index contributed by atoms with van der Waals surface area (Å²) in [6.07, 6.45) is 0. The molecule has 1 N–H and O–H groups in total. The van der Waals surface area contributed by atoms with Gasteiger partial charge >= 0.3 is 5.97 Å². The smallest absolute Gasteiger partial charge is 0.341 e. The first-order valence-corrected chi connectivity index (χ1v) is 9.45. The molecular weight excluding hydrogens is 513 g/mol. The van der Waals surface area contributed by atoms with Crippen LogP contribution in [0.4, 0.5) is 0 Å². The van der Waals surface area contributed by atoms with E-state index in [9.17, 15) is 4.79 Å². The molecule has 0 fully saturated rings. The van der Waals surface area contributed by atoms with Crippen LogP contribution in [0.1, 0.15) is 0 Å². The number of fused-ring (bicyclic) bond motifs is 1. The first-order chi connectivity index (χ1) is 12.3. The summed E-state index contributed by atoms with van der Waals surface area (Å²) in [5.41, 5.74) is 0.658. The summed E-state index contributed by atoms with van der Waals surface area (Å²) >= 11 is 18.9. The van der Waals surface area contributed by atoms with Crippen molar-refractivity contribution >= 4 is 71.9 Å². The van der Waals surface area contributed by atoms with Crippen molar-refractivity contribution in [2.24, 2.45) is 0 Å². The number of pyridine rings is 1. The molecule has 26 heavy (non-hydrogen) atoms. The highest BCUT2D eigenvalue weighted by Gasteiger charge is 2.13. The average Bonchev–Trinajstić information content (AvgIpc) is 2.56. The molecule has 5 nitrogen and oxygen atoms in total. The van der Waals surface area contributed by atoms with Crippen molar-refractivity contribution in [2.45, 2.75) is 0 Å². The Hall–Kier alpha value is -1.54. The second-order valence-corrected chi connectivity index (χ2v) is 7.61. The number of carboxylic acids is 1. The van der Waals surface area contributed by atoms with Gasteiger partial charge in [-0.2, -0.15) is 0 Å². The quantitative estimate of drug-likeness (QED) is 0.398. The van der Waals surface area contributed by atoms with Crippen molar-refractivity contribution in [1.82, 2.24) is 4.98 Å². The van der Waals surface area contributed by atoms with Gasteiger partial charge in [-0.1, -0.05) is 23.2 Å². The van der Waals surface area contributed by atoms with Gasteiger partial charge in [0.15, 0.2) is 12.4 Å². The summed E-state index contributed by atoms with van der Waals surface area (Å²) in [4.78, 5) is 14.8. The van der Waals surface area contributed by atoms with E-state index in [1.807, 2.05) is 0 Å². The molecule has 0 amide bonds. The van der Waals surface area contributed by atoms with Gasteiger partial charge in [-0.15, -0.1) is 0 Å². The maximum absolute atomic E-state index is 10.6. The average molecular weight is 522 g/mol. The lowest BCUT2D eigenvalue weighted by molar-refractivity contribution is -0.139. The van der Waals surface area contributed by atoms with Crippen LogP contribution in [0.3, 0.4) is 0 Å². The molecule has 0 aliphatic carbocycles. The van der Waals surface area contributed by atoms with E-state index in [4.69, 9.17) is 37.8 Å². The SMILES string of the molecule is O=C(O)COc1cc(Br)c(Oc2ccc3nc(Cl)cc(Cl)c3c2)c(Br)c1. The zero-order chi connectivity index (χ0) is 18.8. The van der Waals surface area contributed by atoms with Gasteiger partial charge in [-0.3, -0.25) is 0 Å². The first kappa shape index (κ1) is 19.2. The summed E-state index contributed by atoms with van der Waals surface area (Å²) in [6.45, 7) is -0.433. The molecule has 0 saturated carbocycles. The van der Waals surface area contributed by atoms with Crippen LogP contribution < -0.4 is 9.47 Å². The highest BCUT2D eigenvalue weighted by molar-refractivity contribution is 9.11. The van der Waals surface area contributed by atoms with Gasteiger partial charge in [-0.05, 0) is 68.3 Å². The predicted octanol–water partition coefficient (Wildman–Crippen LogP) is 6.32. The fourth-order valence-corrected chi connectivity index (χ4v) is 3.99. The number of aromatic nitrogens is 1. The van der Waals surface area contributed by atoms with Crippen LogP contribution in [0.5, 0.6) is 17.2 Å². The van der Waals surface area contributed by atoms with Crippen molar-refractivity contribution in [1.29, 1.82) is 0 Å². The largest absolute Gasteiger partial charge is 0.482 e. The molecule has 1 heterocycles. The number of ether oxygens (including phenoxy) is 2. The summed E-state index contributed by atoms with van der Waals surface area (Å²) < 4.78 is 12.3. The second kappa shape index (κ2) is 8.00. The molecule has 0 atom stereocenters. The van der Waals surface area contributed by atoms with E-state index in [0.717, 1.165) is 0 Å². The van der Waals surface area contributed by atoms with Crippen LogP contribution in [0.15, 0.2) is 45.3 Å². The predicted molar refractivity (Wildman–Crippen MR) is 107 cm³/mol. The van der Waals surface area contributed by atoms with E-state index in [0.29, 0.717) is 47.3 Å². The number of carboxylic acid groups (broad SMARTS) is 1. The van der Waals surface area contributed by atoms with Gasteiger partial charge in [0.25, 0.3) is 0 Å². The Kier molecular flexibility index (Phi) is 5.92. The monoisotopic (exact) mass is 519 g/mol. The number of benzene rings is 2. The third kappa shape index (κ3) is 4.40. The van der Waals surface area contributed by atoms with E-state index >= 15 is 0 Å². The van der Waals surface area contributed by atoms with E-state index in [1.54, 1.807) is 36.4 Å². The molecule has 1 aromatic heterocycles. The Labute approximate surface area is 175 Å². The number of halogens is 4. The van der Waals surface area contributed by atoms with E-state index < -0.39 is 12.6 Å². The Morgan fingerprint density at radius 2 is 1.77 bits per heavy atom. The summed E-state index contributed by atoms with van der Waals surface area (Å²) in [5, 5.41) is 10.2. The molecule has 3 aromatic rings. The lowest BCUT2D eigenvalue weighted by Crippen LogP contribution is -2.09. The van der Waals surface area contributed by atoms with E-state index in [-0.39, 0.29) is 0 Å². The molecule has 0 radical (unpaired) electrons. The van der Waals surface area contributed by atoms with Gasteiger partial charge in [-0.25, -0.2) is 9.78 Å². The third-order valence-electron chi connectivity index (χ3n) is 3.25. The molecule has 9 heteroatoms. The molecule has 134 valence electrons. The molecular formula is C17H9Br2Cl2NO4. The minimum absolute atomic E-state index is 0.318. The number of hydrogen-bond acceptors (Lipinski definition) is 4. The molecule has 0 aliphatic rings. The van der Waals surface area contributed by atoms with Gasteiger partial charge < -0.3 is 14.6 Å². The Bertz CT molecular complexity index is 990. The number of hydrogen-bond donors (Lipinski definition) is 1. The van der Waals surface area contributed by atoms with Crippen molar-refractivity contribution < 1.29 is 19.4 Å². The standard InChI is InChI=1S/C17H9Br2Cl2NO4/c18-11-4-9(25-7-16(23)24)5-12(19)17(11)26-8-1-2-14-10(3-8)13(20)6-15(21)22-14/h1-6H,7H2,(H,23,24). The van der Waals surface area contributed by atoms with E-state index in [2.05, 4.69) is 36.8 Å². The Morgan fingerprint density at radius 1 is 1.08 bits per heavy atom. The van der Waals surface area contributed by atoms with Gasteiger partial charge in [0, 0.05) is 5.39 Å². The van der Waals surface area contributed by atoms with E-state index in [1.165, 1.54) is 0 Å². The van der Waals surface area contributed by atoms with Crippen LogP contribution >= 0.6 is 55.1 Å². The van der Waals surface area contributed by atoms with Crippen molar-refractivity contribution in [3.63, 3.8) is 0 Å².